The second-order valence-corrected chi connectivity index (χ2v) is 7.02. The number of rotatable bonds is 5. The highest BCUT2D eigenvalue weighted by atomic mass is 35.5. The Morgan fingerprint density at radius 2 is 1.96 bits per heavy atom. The average molecular weight is 336 g/mol. The van der Waals surface area contributed by atoms with Gasteiger partial charge < -0.3 is 10.2 Å². The van der Waals surface area contributed by atoms with Gasteiger partial charge in [0.15, 0.2) is 0 Å². The van der Waals surface area contributed by atoms with Gasteiger partial charge in [-0.05, 0) is 57.5 Å². The first-order valence-electron chi connectivity index (χ1n) is 8.73. The lowest BCUT2D eigenvalue weighted by Gasteiger charge is -2.37. The molecule has 1 amide bonds. The number of likely N-dealkylation sites (tertiary alicyclic amines) is 2. The fourth-order valence-electron chi connectivity index (χ4n) is 3.67. The molecule has 1 aromatic carbocycles. The van der Waals surface area contributed by atoms with Crippen LogP contribution in [-0.2, 0) is 4.79 Å². The number of nitrogens with zero attached hydrogens (tertiary/aromatic N) is 2. The lowest BCUT2D eigenvalue weighted by Crippen LogP contribution is -2.47. The van der Waals surface area contributed by atoms with Crippen molar-refractivity contribution in [3.8, 4) is 0 Å². The van der Waals surface area contributed by atoms with Gasteiger partial charge in [-0.3, -0.25) is 9.69 Å². The van der Waals surface area contributed by atoms with Crippen LogP contribution in [0.2, 0.25) is 5.02 Å². The van der Waals surface area contributed by atoms with Crippen molar-refractivity contribution in [2.75, 3.05) is 38.0 Å². The first-order chi connectivity index (χ1) is 11.2. The summed E-state index contributed by atoms with van der Waals surface area (Å²) in [6, 6.07) is 8.07. The molecule has 0 radical (unpaired) electrons. The van der Waals surface area contributed by atoms with Crippen molar-refractivity contribution in [2.45, 2.75) is 38.1 Å². The molecule has 0 aromatic heterocycles. The number of hydrogen-bond acceptors (Lipinski definition) is 3. The third kappa shape index (κ3) is 4.69. The molecular formula is C18H26ClN3O. The number of halogens is 1. The van der Waals surface area contributed by atoms with E-state index >= 15 is 0 Å². The fourth-order valence-corrected chi connectivity index (χ4v) is 3.86. The van der Waals surface area contributed by atoms with Crippen LogP contribution < -0.4 is 5.32 Å². The predicted molar refractivity (Wildman–Crippen MR) is 95.0 cm³/mol. The summed E-state index contributed by atoms with van der Waals surface area (Å²) in [4.78, 5) is 17.2. The molecule has 0 saturated carbocycles. The molecular weight excluding hydrogens is 310 g/mol. The van der Waals surface area contributed by atoms with Gasteiger partial charge in [-0.1, -0.05) is 23.7 Å². The minimum atomic E-state index is 0.0430. The minimum Gasteiger partial charge on any atom is -0.325 e. The van der Waals surface area contributed by atoms with Crippen LogP contribution in [0.15, 0.2) is 24.3 Å². The molecule has 2 saturated heterocycles. The Morgan fingerprint density at radius 3 is 2.74 bits per heavy atom. The molecule has 126 valence electrons. The summed E-state index contributed by atoms with van der Waals surface area (Å²) in [6.45, 7) is 5.57. The molecule has 4 nitrogen and oxygen atoms in total. The summed E-state index contributed by atoms with van der Waals surface area (Å²) in [6.07, 6.45) is 5.76. The highest BCUT2D eigenvalue weighted by Crippen LogP contribution is 2.22. The van der Waals surface area contributed by atoms with Crippen LogP contribution in [0, 0.1) is 0 Å². The van der Waals surface area contributed by atoms with Gasteiger partial charge >= 0.3 is 0 Å². The van der Waals surface area contributed by atoms with Crippen molar-refractivity contribution in [2.24, 2.45) is 0 Å². The Kier molecular flexibility index (Phi) is 5.92. The summed E-state index contributed by atoms with van der Waals surface area (Å²) in [5.74, 6) is 0.0430. The molecule has 0 bridgehead atoms. The summed E-state index contributed by atoms with van der Waals surface area (Å²) in [5.41, 5.74) is 0.702. The second kappa shape index (κ2) is 8.13. The van der Waals surface area contributed by atoms with Crippen LogP contribution >= 0.6 is 11.6 Å². The molecule has 1 N–H and O–H groups in total. The van der Waals surface area contributed by atoms with Crippen LogP contribution in [0.25, 0.3) is 0 Å². The van der Waals surface area contributed by atoms with Crippen LogP contribution in [0.1, 0.15) is 32.1 Å². The van der Waals surface area contributed by atoms with Gasteiger partial charge in [0, 0.05) is 25.6 Å². The van der Waals surface area contributed by atoms with Gasteiger partial charge in [0.05, 0.1) is 10.7 Å². The third-order valence-electron chi connectivity index (χ3n) is 4.94. The first kappa shape index (κ1) is 16.7. The van der Waals surface area contributed by atoms with E-state index in [0.717, 1.165) is 19.6 Å². The largest absolute Gasteiger partial charge is 0.325 e. The Balaban J connectivity index is 1.44. The molecule has 0 aliphatic carbocycles. The first-order valence-corrected chi connectivity index (χ1v) is 9.11. The number of benzene rings is 1. The molecule has 5 heteroatoms. The van der Waals surface area contributed by atoms with Crippen LogP contribution in [-0.4, -0.2) is 54.5 Å². The van der Waals surface area contributed by atoms with E-state index in [2.05, 4.69) is 15.1 Å². The van der Waals surface area contributed by atoms with E-state index in [4.69, 9.17) is 11.6 Å². The summed E-state index contributed by atoms with van der Waals surface area (Å²) >= 11 is 6.08. The molecule has 2 fully saturated rings. The zero-order chi connectivity index (χ0) is 16.1. The number of hydrogen-bond donors (Lipinski definition) is 1. The summed E-state index contributed by atoms with van der Waals surface area (Å²) < 4.78 is 0. The summed E-state index contributed by atoms with van der Waals surface area (Å²) in [7, 11) is 0. The van der Waals surface area contributed by atoms with E-state index in [9.17, 15) is 4.79 Å². The van der Waals surface area contributed by atoms with Gasteiger partial charge in [-0.2, -0.15) is 0 Å². The quantitative estimate of drug-likeness (QED) is 0.897. The van der Waals surface area contributed by atoms with Crippen LogP contribution in [0.4, 0.5) is 5.69 Å². The van der Waals surface area contributed by atoms with Gasteiger partial charge in [-0.15, -0.1) is 0 Å². The van der Waals surface area contributed by atoms with Gasteiger partial charge in [0.2, 0.25) is 5.91 Å². The van der Waals surface area contributed by atoms with E-state index in [1.807, 2.05) is 18.2 Å². The van der Waals surface area contributed by atoms with Crippen molar-refractivity contribution in [3.63, 3.8) is 0 Å². The molecule has 3 rings (SSSR count). The SMILES string of the molecule is O=C(CCN1CCCC(N2CCCC2)C1)Nc1ccccc1Cl. The number of amides is 1. The fraction of sp³-hybridized carbons (Fsp3) is 0.611. The Hall–Kier alpha value is -1.10. The smallest absolute Gasteiger partial charge is 0.225 e. The van der Waals surface area contributed by atoms with Crippen LogP contribution in [0.3, 0.4) is 0 Å². The molecule has 1 unspecified atom stereocenters. The number of nitrogens with one attached hydrogen (secondary N) is 1. The molecule has 1 atom stereocenters. The van der Waals surface area contributed by atoms with Crippen molar-refractivity contribution >= 4 is 23.2 Å². The minimum absolute atomic E-state index is 0.0430. The number of carbonyl (C=O) groups excluding carboxylic acids is 1. The second-order valence-electron chi connectivity index (χ2n) is 6.62. The molecule has 2 aliphatic heterocycles. The van der Waals surface area contributed by atoms with Gasteiger partial charge in [0.1, 0.15) is 0 Å². The lowest BCUT2D eigenvalue weighted by atomic mass is 10.0. The summed E-state index contributed by atoms with van der Waals surface area (Å²) in [5, 5.41) is 3.50. The monoisotopic (exact) mass is 335 g/mol. The third-order valence-corrected chi connectivity index (χ3v) is 5.27. The molecule has 1 aromatic rings. The maximum atomic E-state index is 12.1. The maximum absolute atomic E-state index is 12.1. The van der Waals surface area contributed by atoms with Crippen molar-refractivity contribution < 1.29 is 4.79 Å². The topological polar surface area (TPSA) is 35.6 Å². The Labute approximate surface area is 143 Å². The number of carbonyl (C=O) groups is 1. The van der Waals surface area contributed by atoms with Crippen LogP contribution in [0.5, 0.6) is 0 Å². The Bertz CT molecular complexity index is 531. The van der Waals surface area contributed by atoms with E-state index in [0.29, 0.717) is 23.2 Å². The molecule has 2 aliphatic rings. The highest BCUT2D eigenvalue weighted by Gasteiger charge is 2.27. The lowest BCUT2D eigenvalue weighted by molar-refractivity contribution is -0.116. The molecule has 0 spiro atoms. The Morgan fingerprint density at radius 1 is 1.17 bits per heavy atom. The van der Waals surface area contributed by atoms with Gasteiger partial charge in [-0.25, -0.2) is 0 Å². The van der Waals surface area contributed by atoms with E-state index < -0.39 is 0 Å². The van der Waals surface area contributed by atoms with E-state index in [1.165, 1.54) is 38.8 Å². The van der Waals surface area contributed by atoms with Crippen molar-refractivity contribution in [1.82, 2.24) is 9.80 Å². The predicted octanol–water partition coefficient (Wildman–Crippen LogP) is 3.23. The number of anilines is 1. The molecule has 2 heterocycles. The van der Waals surface area contributed by atoms with E-state index in [1.54, 1.807) is 6.07 Å². The van der Waals surface area contributed by atoms with Gasteiger partial charge in [0.25, 0.3) is 0 Å². The molecule has 23 heavy (non-hydrogen) atoms. The van der Waals surface area contributed by atoms with E-state index in [-0.39, 0.29) is 5.91 Å². The zero-order valence-corrected chi connectivity index (χ0v) is 14.4. The standard InChI is InChI=1S/C18H26ClN3O/c19-16-7-1-2-8-17(16)20-18(23)9-13-21-10-5-6-15(14-21)22-11-3-4-12-22/h1-2,7-8,15H,3-6,9-14H2,(H,20,23). The number of piperidine rings is 1. The highest BCUT2D eigenvalue weighted by molar-refractivity contribution is 6.33. The number of para-hydroxylation sites is 1. The van der Waals surface area contributed by atoms with Crippen molar-refractivity contribution in [3.05, 3.63) is 29.3 Å². The zero-order valence-electron chi connectivity index (χ0n) is 13.6. The maximum Gasteiger partial charge on any atom is 0.225 e. The van der Waals surface area contributed by atoms with Crippen molar-refractivity contribution in [1.29, 1.82) is 0 Å². The normalized spacial score (nSPS) is 23.1. The average Bonchev–Trinajstić information content (AvgIpc) is 3.10.